The van der Waals surface area contributed by atoms with E-state index >= 15 is 0 Å². The van der Waals surface area contributed by atoms with Gasteiger partial charge in [0.15, 0.2) is 5.82 Å². The lowest BCUT2D eigenvalue weighted by atomic mass is 9.80. The summed E-state index contributed by atoms with van der Waals surface area (Å²) in [5, 5.41) is 12.4. The number of carbonyl (C=O) groups excluding carboxylic acids is 1. The third-order valence-electron chi connectivity index (χ3n) is 7.21. The summed E-state index contributed by atoms with van der Waals surface area (Å²) >= 11 is 0. The fraction of sp³-hybridized carbons (Fsp3) is 0.682. The van der Waals surface area contributed by atoms with Gasteiger partial charge in [-0.15, -0.1) is 0 Å². The Morgan fingerprint density at radius 3 is 2.68 bits per heavy atom. The number of fused-ring (bicyclic) bond motifs is 2. The molecule has 28 heavy (non-hydrogen) atoms. The van der Waals surface area contributed by atoms with Crippen molar-refractivity contribution in [3.63, 3.8) is 0 Å². The molecule has 2 aromatic rings. The monoisotopic (exact) mass is 381 g/mol. The largest absolute Gasteiger partial charge is 0.349 e. The normalized spacial score (nSPS) is 31.8. The molecule has 6 nitrogen and oxygen atoms in total. The zero-order valence-electron chi connectivity index (χ0n) is 17.1. The van der Waals surface area contributed by atoms with Crippen LogP contribution in [-0.4, -0.2) is 31.5 Å². The highest BCUT2D eigenvalue weighted by Crippen LogP contribution is 2.53. The Bertz CT molecular complexity index is 862. The first-order valence-electron chi connectivity index (χ1n) is 10.8. The van der Waals surface area contributed by atoms with Gasteiger partial charge in [0.25, 0.3) is 5.91 Å². The van der Waals surface area contributed by atoms with Crippen molar-refractivity contribution in [3.8, 4) is 5.82 Å². The zero-order valence-corrected chi connectivity index (χ0v) is 17.1. The molecule has 5 unspecified atom stereocenters. The van der Waals surface area contributed by atoms with Crippen LogP contribution in [0.2, 0.25) is 0 Å². The van der Waals surface area contributed by atoms with E-state index in [1.54, 1.807) is 17.1 Å². The highest BCUT2D eigenvalue weighted by molar-refractivity contribution is 5.97. The second kappa shape index (κ2) is 6.46. The summed E-state index contributed by atoms with van der Waals surface area (Å²) in [6, 6.07) is 2.18. The molecule has 150 valence electrons. The molecule has 1 amide bonds. The highest BCUT2D eigenvalue weighted by Gasteiger charge is 2.46. The Kier molecular flexibility index (Phi) is 4.14. The van der Waals surface area contributed by atoms with E-state index in [2.05, 4.69) is 36.3 Å². The van der Waals surface area contributed by atoms with Crippen LogP contribution >= 0.6 is 0 Å². The molecule has 3 saturated carbocycles. The molecule has 0 aromatic carbocycles. The van der Waals surface area contributed by atoms with E-state index in [1.807, 2.05) is 16.9 Å². The number of nitrogens with one attached hydrogen (secondary N) is 1. The van der Waals surface area contributed by atoms with E-state index in [4.69, 9.17) is 0 Å². The SMILES string of the molecule is CC(C)(C)n1ncc(C(=O)NC2CCC3CC4CC(C3)C2C4)c1-n1cccn1. The molecule has 5 atom stereocenters. The molecule has 1 N–H and O–H groups in total. The Labute approximate surface area is 166 Å². The number of aromatic nitrogens is 4. The maximum Gasteiger partial charge on any atom is 0.256 e. The molecule has 2 heterocycles. The number of carbonyl (C=O) groups is 1. The fourth-order valence-corrected chi connectivity index (χ4v) is 6.13. The Hall–Kier alpha value is -2.11. The Balaban J connectivity index is 1.44. The number of nitrogens with zero attached hydrogens (tertiary/aromatic N) is 4. The lowest BCUT2D eigenvalue weighted by Crippen LogP contribution is -2.41. The third kappa shape index (κ3) is 2.97. The molecule has 3 aliphatic carbocycles. The minimum Gasteiger partial charge on any atom is -0.349 e. The lowest BCUT2D eigenvalue weighted by Gasteiger charge is -2.27. The summed E-state index contributed by atoms with van der Waals surface area (Å²) in [7, 11) is 0. The number of hydrogen-bond donors (Lipinski definition) is 1. The van der Waals surface area contributed by atoms with Gasteiger partial charge in [-0.25, -0.2) is 9.36 Å². The topological polar surface area (TPSA) is 64.7 Å². The van der Waals surface area contributed by atoms with Crippen LogP contribution in [0.3, 0.4) is 0 Å². The molecule has 0 spiro atoms. The van der Waals surface area contributed by atoms with Gasteiger partial charge in [0, 0.05) is 18.4 Å². The Morgan fingerprint density at radius 1 is 1.11 bits per heavy atom. The molecule has 0 aliphatic heterocycles. The van der Waals surface area contributed by atoms with E-state index < -0.39 is 0 Å². The lowest BCUT2D eigenvalue weighted by molar-refractivity contribution is 0.0912. The number of hydrogen-bond acceptors (Lipinski definition) is 3. The zero-order chi connectivity index (χ0) is 19.5. The quantitative estimate of drug-likeness (QED) is 0.880. The van der Waals surface area contributed by atoms with Gasteiger partial charge in [0.05, 0.1) is 11.7 Å². The van der Waals surface area contributed by atoms with Crippen LogP contribution in [0.15, 0.2) is 24.7 Å². The van der Waals surface area contributed by atoms with Crippen LogP contribution in [0.5, 0.6) is 0 Å². The molecule has 3 aliphatic rings. The summed E-state index contributed by atoms with van der Waals surface area (Å²) in [6.45, 7) is 6.28. The standard InChI is InChI=1S/C22H31N5O/c1-22(2,3)27-21(26-8-4-7-23-26)18(13-24-27)20(28)25-19-6-5-14-9-15-11-16(10-14)17(19)12-15/h4,7-8,13-17,19H,5-6,9-12H2,1-3H3,(H,25,28). The minimum absolute atomic E-state index is 0.00720. The van der Waals surface area contributed by atoms with Gasteiger partial charge in [-0.1, -0.05) is 0 Å². The molecule has 2 aromatic heterocycles. The van der Waals surface area contributed by atoms with E-state index in [1.165, 1.54) is 32.1 Å². The van der Waals surface area contributed by atoms with Crippen molar-refractivity contribution in [1.82, 2.24) is 24.9 Å². The van der Waals surface area contributed by atoms with E-state index in [9.17, 15) is 4.79 Å². The summed E-state index contributed by atoms with van der Waals surface area (Å²) in [5.74, 6) is 4.00. The second-order valence-electron chi connectivity index (χ2n) is 10.2. The average Bonchev–Trinajstić information content (AvgIpc) is 3.34. The third-order valence-corrected chi connectivity index (χ3v) is 7.21. The molecule has 6 heteroatoms. The summed E-state index contributed by atoms with van der Waals surface area (Å²) < 4.78 is 3.66. The van der Waals surface area contributed by atoms with E-state index in [-0.39, 0.29) is 11.4 Å². The average molecular weight is 382 g/mol. The van der Waals surface area contributed by atoms with Gasteiger partial charge in [-0.05, 0) is 89.0 Å². The van der Waals surface area contributed by atoms with Crippen molar-refractivity contribution < 1.29 is 4.79 Å². The predicted octanol–water partition coefficient (Wildman–Crippen LogP) is 3.77. The maximum absolute atomic E-state index is 13.4. The predicted molar refractivity (Wildman–Crippen MR) is 107 cm³/mol. The first-order chi connectivity index (χ1) is 13.4. The first-order valence-corrected chi connectivity index (χ1v) is 10.8. The Morgan fingerprint density at radius 2 is 1.93 bits per heavy atom. The highest BCUT2D eigenvalue weighted by atomic mass is 16.1. The van der Waals surface area contributed by atoms with Crippen LogP contribution in [0.25, 0.3) is 5.82 Å². The summed E-state index contributed by atoms with van der Waals surface area (Å²) in [6.07, 6.45) is 13.2. The van der Waals surface area contributed by atoms with Crippen molar-refractivity contribution in [2.45, 2.75) is 70.9 Å². The van der Waals surface area contributed by atoms with Crippen LogP contribution in [0.1, 0.15) is 69.7 Å². The van der Waals surface area contributed by atoms with Gasteiger partial charge in [0.1, 0.15) is 5.56 Å². The van der Waals surface area contributed by atoms with Crippen LogP contribution in [0, 0.1) is 23.7 Å². The molecule has 3 fully saturated rings. The smallest absolute Gasteiger partial charge is 0.256 e. The summed E-state index contributed by atoms with van der Waals surface area (Å²) in [5.41, 5.74) is 0.377. The van der Waals surface area contributed by atoms with Gasteiger partial charge < -0.3 is 5.32 Å². The van der Waals surface area contributed by atoms with Gasteiger partial charge in [0.2, 0.25) is 0 Å². The van der Waals surface area contributed by atoms with Crippen LogP contribution in [0.4, 0.5) is 0 Å². The van der Waals surface area contributed by atoms with Crippen molar-refractivity contribution in [3.05, 3.63) is 30.2 Å². The maximum atomic E-state index is 13.4. The molecular weight excluding hydrogens is 350 g/mol. The van der Waals surface area contributed by atoms with Crippen molar-refractivity contribution >= 4 is 5.91 Å². The van der Waals surface area contributed by atoms with Gasteiger partial charge >= 0.3 is 0 Å². The number of amides is 1. The number of rotatable bonds is 3. The molecule has 3 bridgehead atoms. The second-order valence-corrected chi connectivity index (χ2v) is 10.2. The van der Waals surface area contributed by atoms with E-state index in [0.717, 1.165) is 30.0 Å². The van der Waals surface area contributed by atoms with Crippen molar-refractivity contribution in [2.24, 2.45) is 23.7 Å². The molecular formula is C22H31N5O. The van der Waals surface area contributed by atoms with Gasteiger partial charge in [-0.2, -0.15) is 10.2 Å². The van der Waals surface area contributed by atoms with Crippen LogP contribution < -0.4 is 5.32 Å². The van der Waals surface area contributed by atoms with E-state index in [0.29, 0.717) is 17.5 Å². The van der Waals surface area contributed by atoms with Gasteiger partial charge in [-0.3, -0.25) is 4.79 Å². The molecule has 0 saturated heterocycles. The fourth-order valence-electron chi connectivity index (χ4n) is 6.13. The van der Waals surface area contributed by atoms with Crippen LogP contribution in [-0.2, 0) is 5.54 Å². The minimum atomic E-state index is -0.236. The van der Waals surface area contributed by atoms with Crippen molar-refractivity contribution in [2.75, 3.05) is 0 Å². The van der Waals surface area contributed by atoms with Crippen molar-refractivity contribution in [1.29, 1.82) is 0 Å². The molecule has 0 radical (unpaired) electrons. The summed E-state index contributed by atoms with van der Waals surface area (Å²) in [4.78, 5) is 13.4. The molecule has 5 rings (SSSR count). The first kappa shape index (κ1) is 18.0.